The number of para-hydroxylation sites is 1. The SMILES string of the molecule is NCc1ccccc1NC(=O)CN1CCS(=O)CC1. The Bertz CT molecular complexity index is 469. The normalized spacial score (nSPS) is 17.3. The quantitative estimate of drug-likeness (QED) is 0.823. The lowest BCUT2D eigenvalue weighted by atomic mass is 10.2. The first-order chi connectivity index (χ1) is 9.19. The molecule has 0 bridgehead atoms. The number of hydrogen-bond acceptors (Lipinski definition) is 4. The first-order valence-corrected chi connectivity index (χ1v) is 7.83. The monoisotopic (exact) mass is 281 g/mol. The minimum Gasteiger partial charge on any atom is -0.326 e. The third-order valence-electron chi connectivity index (χ3n) is 3.15. The Hall–Kier alpha value is -1.24. The number of nitrogens with one attached hydrogen (secondary N) is 1. The van der Waals surface area contributed by atoms with Gasteiger partial charge >= 0.3 is 0 Å². The summed E-state index contributed by atoms with van der Waals surface area (Å²) >= 11 is 0. The topological polar surface area (TPSA) is 75.4 Å². The molecule has 1 aliphatic heterocycles. The summed E-state index contributed by atoms with van der Waals surface area (Å²) in [5.41, 5.74) is 7.33. The van der Waals surface area contributed by atoms with Crippen LogP contribution in [0, 0.1) is 0 Å². The minimum atomic E-state index is -0.709. The molecule has 104 valence electrons. The molecule has 0 aromatic heterocycles. The largest absolute Gasteiger partial charge is 0.326 e. The summed E-state index contributed by atoms with van der Waals surface area (Å²) in [5, 5.41) is 2.88. The molecule has 2 rings (SSSR count). The lowest BCUT2D eigenvalue weighted by Gasteiger charge is -2.25. The minimum absolute atomic E-state index is 0.0476. The molecular weight excluding hydrogens is 262 g/mol. The number of rotatable bonds is 4. The van der Waals surface area contributed by atoms with Crippen LogP contribution in [0.15, 0.2) is 24.3 Å². The molecule has 1 heterocycles. The summed E-state index contributed by atoms with van der Waals surface area (Å²) in [6.07, 6.45) is 0. The molecule has 0 spiro atoms. The van der Waals surface area contributed by atoms with Crippen LogP contribution in [0.25, 0.3) is 0 Å². The van der Waals surface area contributed by atoms with Crippen molar-refractivity contribution in [1.82, 2.24) is 4.90 Å². The van der Waals surface area contributed by atoms with E-state index < -0.39 is 10.8 Å². The predicted molar refractivity (Wildman–Crippen MR) is 77.3 cm³/mol. The van der Waals surface area contributed by atoms with Crippen LogP contribution in [-0.4, -0.2) is 46.2 Å². The maximum absolute atomic E-state index is 12.0. The van der Waals surface area contributed by atoms with Crippen molar-refractivity contribution in [1.29, 1.82) is 0 Å². The summed E-state index contributed by atoms with van der Waals surface area (Å²) in [6.45, 7) is 2.19. The van der Waals surface area contributed by atoms with E-state index in [0.717, 1.165) is 24.3 Å². The van der Waals surface area contributed by atoms with E-state index in [1.54, 1.807) is 0 Å². The van der Waals surface area contributed by atoms with E-state index in [1.807, 2.05) is 29.2 Å². The van der Waals surface area contributed by atoms with E-state index in [2.05, 4.69) is 5.32 Å². The molecule has 5 nitrogen and oxygen atoms in total. The standard InChI is InChI=1S/C13H19N3O2S/c14-9-11-3-1-2-4-12(11)15-13(17)10-16-5-7-19(18)8-6-16/h1-4H,5-10,14H2,(H,15,17). The van der Waals surface area contributed by atoms with Gasteiger partial charge in [0, 0.05) is 47.6 Å². The molecule has 0 aliphatic carbocycles. The lowest BCUT2D eigenvalue weighted by molar-refractivity contribution is -0.117. The van der Waals surface area contributed by atoms with Gasteiger partial charge in [0.15, 0.2) is 0 Å². The Morgan fingerprint density at radius 2 is 2.00 bits per heavy atom. The smallest absolute Gasteiger partial charge is 0.238 e. The van der Waals surface area contributed by atoms with Crippen molar-refractivity contribution >= 4 is 22.4 Å². The summed E-state index contributed by atoms with van der Waals surface area (Å²) in [7, 11) is -0.709. The van der Waals surface area contributed by atoms with Crippen LogP contribution in [0.5, 0.6) is 0 Å². The molecule has 0 radical (unpaired) electrons. The number of benzene rings is 1. The molecular formula is C13H19N3O2S. The highest BCUT2D eigenvalue weighted by molar-refractivity contribution is 7.85. The van der Waals surface area contributed by atoms with Gasteiger partial charge in [0.2, 0.25) is 5.91 Å². The first kappa shape index (κ1) is 14.2. The average Bonchev–Trinajstić information content (AvgIpc) is 2.42. The highest BCUT2D eigenvalue weighted by Gasteiger charge is 2.17. The molecule has 1 amide bonds. The van der Waals surface area contributed by atoms with Crippen LogP contribution in [0.2, 0.25) is 0 Å². The zero-order valence-corrected chi connectivity index (χ0v) is 11.6. The van der Waals surface area contributed by atoms with Gasteiger partial charge in [-0.05, 0) is 11.6 Å². The zero-order chi connectivity index (χ0) is 13.7. The molecule has 6 heteroatoms. The van der Waals surface area contributed by atoms with Gasteiger partial charge in [0.05, 0.1) is 6.54 Å². The van der Waals surface area contributed by atoms with Crippen LogP contribution in [-0.2, 0) is 22.1 Å². The lowest BCUT2D eigenvalue weighted by Crippen LogP contribution is -2.42. The van der Waals surface area contributed by atoms with E-state index in [0.29, 0.717) is 24.6 Å². The average molecular weight is 281 g/mol. The molecule has 0 unspecified atom stereocenters. The van der Waals surface area contributed by atoms with E-state index in [1.165, 1.54) is 0 Å². The van der Waals surface area contributed by atoms with Crippen LogP contribution in [0.3, 0.4) is 0 Å². The highest BCUT2D eigenvalue weighted by atomic mass is 32.2. The highest BCUT2D eigenvalue weighted by Crippen LogP contribution is 2.14. The van der Waals surface area contributed by atoms with Gasteiger partial charge in [-0.1, -0.05) is 18.2 Å². The molecule has 1 saturated heterocycles. The molecule has 1 aromatic rings. The number of nitrogens with zero attached hydrogens (tertiary/aromatic N) is 1. The maximum atomic E-state index is 12.0. The Kier molecular flexibility index (Phi) is 5.07. The van der Waals surface area contributed by atoms with Crippen molar-refractivity contribution < 1.29 is 9.00 Å². The number of carbonyl (C=O) groups is 1. The van der Waals surface area contributed by atoms with Gasteiger partial charge in [-0.2, -0.15) is 0 Å². The van der Waals surface area contributed by atoms with Gasteiger partial charge in [0.1, 0.15) is 0 Å². The molecule has 1 aliphatic rings. The van der Waals surface area contributed by atoms with Gasteiger partial charge in [0.25, 0.3) is 0 Å². The zero-order valence-electron chi connectivity index (χ0n) is 10.8. The number of nitrogens with two attached hydrogens (primary N) is 1. The second kappa shape index (κ2) is 6.79. The van der Waals surface area contributed by atoms with E-state index in [9.17, 15) is 9.00 Å². The third-order valence-corrected chi connectivity index (χ3v) is 4.42. The third kappa shape index (κ3) is 4.12. The van der Waals surface area contributed by atoms with Crippen molar-refractivity contribution in [3.63, 3.8) is 0 Å². The molecule has 1 fully saturated rings. The van der Waals surface area contributed by atoms with Crippen LogP contribution < -0.4 is 11.1 Å². The van der Waals surface area contributed by atoms with Crippen molar-refractivity contribution in [3.05, 3.63) is 29.8 Å². The Balaban J connectivity index is 1.89. The number of hydrogen-bond donors (Lipinski definition) is 2. The predicted octanol–water partition coefficient (Wildman–Crippen LogP) is 0.148. The second-order valence-electron chi connectivity index (χ2n) is 4.53. The maximum Gasteiger partial charge on any atom is 0.238 e. The van der Waals surface area contributed by atoms with Gasteiger partial charge in [-0.15, -0.1) is 0 Å². The summed E-state index contributed by atoms with van der Waals surface area (Å²) in [5.74, 6) is 1.27. The van der Waals surface area contributed by atoms with Crippen molar-refractivity contribution in [2.75, 3.05) is 36.5 Å². The summed E-state index contributed by atoms with van der Waals surface area (Å²) < 4.78 is 11.2. The second-order valence-corrected chi connectivity index (χ2v) is 6.23. The summed E-state index contributed by atoms with van der Waals surface area (Å²) in [6, 6.07) is 7.53. The van der Waals surface area contributed by atoms with E-state index >= 15 is 0 Å². The van der Waals surface area contributed by atoms with Gasteiger partial charge in [-0.25, -0.2) is 0 Å². The van der Waals surface area contributed by atoms with E-state index in [-0.39, 0.29) is 5.91 Å². The molecule has 0 saturated carbocycles. The molecule has 0 atom stereocenters. The number of anilines is 1. The van der Waals surface area contributed by atoms with Crippen molar-refractivity contribution in [2.24, 2.45) is 5.73 Å². The Morgan fingerprint density at radius 1 is 1.32 bits per heavy atom. The molecule has 1 aromatic carbocycles. The first-order valence-electron chi connectivity index (χ1n) is 6.34. The van der Waals surface area contributed by atoms with Crippen LogP contribution >= 0.6 is 0 Å². The van der Waals surface area contributed by atoms with Gasteiger partial charge < -0.3 is 11.1 Å². The van der Waals surface area contributed by atoms with E-state index in [4.69, 9.17) is 5.73 Å². The van der Waals surface area contributed by atoms with Crippen molar-refractivity contribution in [2.45, 2.75) is 6.54 Å². The molecule has 19 heavy (non-hydrogen) atoms. The Morgan fingerprint density at radius 3 is 2.68 bits per heavy atom. The Labute approximate surface area is 115 Å². The summed E-state index contributed by atoms with van der Waals surface area (Å²) in [4.78, 5) is 14.0. The molecule has 3 N–H and O–H groups in total. The van der Waals surface area contributed by atoms with Gasteiger partial charge in [-0.3, -0.25) is 13.9 Å². The van der Waals surface area contributed by atoms with Crippen molar-refractivity contribution in [3.8, 4) is 0 Å². The van der Waals surface area contributed by atoms with Crippen LogP contribution in [0.1, 0.15) is 5.56 Å². The fraction of sp³-hybridized carbons (Fsp3) is 0.462. The number of carbonyl (C=O) groups excluding carboxylic acids is 1. The fourth-order valence-corrected chi connectivity index (χ4v) is 3.17. The fourth-order valence-electron chi connectivity index (χ4n) is 2.05. The van der Waals surface area contributed by atoms with Crippen LogP contribution in [0.4, 0.5) is 5.69 Å². The number of amides is 1.